The highest BCUT2D eigenvalue weighted by molar-refractivity contribution is 7.93. The summed E-state index contributed by atoms with van der Waals surface area (Å²) in [6, 6.07) is 8.58. The molecule has 1 aliphatic heterocycles. The molecule has 1 amide bonds. The van der Waals surface area contributed by atoms with Gasteiger partial charge in [0.15, 0.2) is 0 Å². The summed E-state index contributed by atoms with van der Waals surface area (Å²) >= 11 is 1.15. The first-order valence-corrected chi connectivity index (χ1v) is 13.0. The number of unbranched alkanes of at least 4 members (excludes halogenated alkanes) is 2. The van der Waals surface area contributed by atoms with Crippen molar-refractivity contribution in [2.75, 3.05) is 30.9 Å². The summed E-state index contributed by atoms with van der Waals surface area (Å²) in [5.41, 5.74) is 1.52. The highest BCUT2D eigenvalue weighted by Crippen LogP contribution is 2.24. The Morgan fingerprint density at radius 3 is 2.50 bits per heavy atom. The van der Waals surface area contributed by atoms with Gasteiger partial charge < -0.3 is 10.2 Å². The quantitative estimate of drug-likeness (QED) is 0.532. The third-order valence-corrected chi connectivity index (χ3v) is 7.78. The van der Waals surface area contributed by atoms with Gasteiger partial charge in [0, 0.05) is 12.2 Å². The molecule has 0 radical (unpaired) electrons. The van der Waals surface area contributed by atoms with Crippen LogP contribution in [-0.2, 0) is 10.0 Å². The lowest BCUT2D eigenvalue weighted by Gasteiger charge is -2.26. The second kappa shape index (κ2) is 10.9. The molecule has 0 aliphatic carbocycles. The number of hydrogen-bond donors (Lipinski definition) is 2. The maximum Gasteiger partial charge on any atom is 0.263 e. The molecule has 1 aromatic heterocycles. The van der Waals surface area contributed by atoms with E-state index in [1.54, 1.807) is 17.5 Å². The van der Waals surface area contributed by atoms with E-state index in [2.05, 4.69) is 14.9 Å². The molecule has 6 nitrogen and oxygen atoms in total. The lowest BCUT2D eigenvalue weighted by Crippen LogP contribution is -2.30. The van der Waals surface area contributed by atoms with Crippen LogP contribution >= 0.6 is 11.3 Å². The number of nitrogens with one attached hydrogen (secondary N) is 2. The molecular weight excluding hydrogens is 418 g/mol. The highest BCUT2D eigenvalue weighted by Gasteiger charge is 2.24. The number of benzene rings is 1. The van der Waals surface area contributed by atoms with E-state index in [4.69, 9.17) is 0 Å². The SMILES string of the molecule is Cc1ccc(NS(=O)(=O)c2ccsc2C(=O)NCCCCCN2CCCCC2)cc1. The van der Waals surface area contributed by atoms with Crippen LogP contribution < -0.4 is 10.0 Å². The maximum absolute atomic E-state index is 12.7. The zero-order valence-corrected chi connectivity index (χ0v) is 19.2. The van der Waals surface area contributed by atoms with Crippen molar-refractivity contribution in [2.45, 2.75) is 50.3 Å². The Hall–Kier alpha value is -1.90. The zero-order valence-electron chi connectivity index (χ0n) is 17.5. The average molecular weight is 450 g/mol. The molecule has 8 heteroatoms. The number of aryl methyl sites for hydroxylation is 1. The lowest BCUT2D eigenvalue weighted by molar-refractivity contribution is 0.0954. The summed E-state index contributed by atoms with van der Waals surface area (Å²) in [6.07, 6.45) is 7.05. The van der Waals surface area contributed by atoms with E-state index in [1.807, 2.05) is 19.1 Å². The van der Waals surface area contributed by atoms with Gasteiger partial charge in [-0.2, -0.15) is 0 Å². The zero-order chi connectivity index (χ0) is 21.4. The first-order valence-electron chi connectivity index (χ1n) is 10.6. The predicted octanol–water partition coefficient (Wildman–Crippen LogP) is 4.24. The van der Waals surface area contributed by atoms with Crippen molar-refractivity contribution in [3.05, 3.63) is 46.2 Å². The fourth-order valence-electron chi connectivity index (χ4n) is 3.61. The number of carbonyl (C=O) groups excluding carboxylic acids is 1. The van der Waals surface area contributed by atoms with Gasteiger partial charge in [-0.1, -0.05) is 30.5 Å². The summed E-state index contributed by atoms with van der Waals surface area (Å²) in [5, 5.41) is 4.51. The van der Waals surface area contributed by atoms with Crippen LogP contribution in [0.3, 0.4) is 0 Å². The molecule has 0 spiro atoms. The summed E-state index contributed by atoms with van der Waals surface area (Å²) in [6.45, 7) is 6.05. The normalized spacial score (nSPS) is 15.1. The molecule has 0 unspecified atom stereocenters. The first kappa shape index (κ1) is 22.8. The van der Waals surface area contributed by atoms with Crippen LogP contribution in [0.15, 0.2) is 40.6 Å². The molecular formula is C22H31N3O3S2. The number of anilines is 1. The third-order valence-electron chi connectivity index (χ3n) is 5.31. The first-order chi connectivity index (χ1) is 14.5. The topological polar surface area (TPSA) is 78.5 Å². The Labute approximate surface area is 183 Å². The molecule has 2 heterocycles. The Kier molecular flexibility index (Phi) is 8.30. The molecule has 1 aliphatic rings. The number of amides is 1. The molecule has 1 fully saturated rings. The van der Waals surface area contributed by atoms with Crippen molar-refractivity contribution in [1.82, 2.24) is 10.2 Å². The Morgan fingerprint density at radius 2 is 1.77 bits per heavy atom. The number of likely N-dealkylation sites (tertiary alicyclic amines) is 1. The Bertz CT molecular complexity index is 917. The Morgan fingerprint density at radius 1 is 1.03 bits per heavy atom. The largest absolute Gasteiger partial charge is 0.351 e. The van der Waals surface area contributed by atoms with Gasteiger partial charge in [0.25, 0.3) is 15.9 Å². The number of sulfonamides is 1. The fourth-order valence-corrected chi connectivity index (χ4v) is 6.01. The number of thiophene rings is 1. The van der Waals surface area contributed by atoms with Crippen LogP contribution in [0, 0.1) is 6.92 Å². The number of carbonyl (C=O) groups is 1. The van der Waals surface area contributed by atoms with Gasteiger partial charge in [0.1, 0.15) is 9.77 Å². The molecule has 0 bridgehead atoms. The van der Waals surface area contributed by atoms with Crippen molar-refractivity contribution in [2.24, 2.45) is 0 Å². The van der Waals surface area contributed by atoms with Crippen LogP contribution in [0.5, 0.6) is 0 Å². The van der Waals surface area contributed by atoms with Crippen LogP contribution in [0.4, 0.5) is 5.69 Å². The number of hydrogen-bond acceptors (Lipinski definition) is 5. The highest BCUT2D eigenvalue weighted by atomic mass is 32.2. The number of piperidine rings is 1. The molecule has 0 atom stereocenters. The summed E-state index contributed by atoms with van der Waals surface area (Å²) in [4.78, 5) is 15.3. The molecule has 1 aromatic carbocycles. The predicted molar refractivity (Wildman–Crippen MR) is 123 cm³/mol. The molecule has 3 rings (SSSR count). The van der Waals surface area contributed by atoms with Gasteiger partial charge in [-0.3, -0.25) is 9.52 Å². The van der Waals surface area contributed by atoms with Gasteiger partial charge in [-0.25, -0.2) is 8.42 Å². The van der Waals surface area contributed by atoms with Crippen molar-refractivity contribution in [1.29, 1.82) is 0 Å². The van der Waals surface area contributed by atoms with E-state index in [0.717, 1.165) is 42.7 Å². The van der Waals surface area contributed by atoms with E-state index >= 15 is 0 Å². The lowest BCUT2D eigenvalue weighted by atomic mass is 10.1. The van der Waals surface area contributed by atoms with Crippen molar-refractivity contribution in [3.8, 4) is 0 Å². The maximum atomic E-state index is 12.7. The van der Waals surface area contributed by atoms with Crippen LogP contribution in [0.1, 0.15) is 53.8 Å². The number of rotatable bonds is 10. The number of nitrogens with zero attached hydrogens (tertiary/aromatic N) is 1. The smallest absolute Gasteiger partial charge is 0.263 e. The van der Waals surface area contributed by atoms with Crippen LogP contribution in [0.25, 0.3) is 0 Å². The van der Waals surface area contributed by atoms with Gasteiger partial charge in [-0.05, 0) is 75.8 Å². The minimum absolute atomic E-state index is 0.0238. The molecule has 164 valence electrons. The van der Waals surface area contributed by atoms with Gasteiger partial charge in [-0.15, -0.1) is 11.3 Å². The minimum atomic E-state index is -3.82. The van der Waals surface area contributed by atoms with Crippen LogP contribution in [-0.4, -0.2) is 45.4 Å². The van der Waals surface area contributed by atoms with Crippen molar-refractivity contribution in [3.63, 3.8) is 0 Å². The summed E-state index contributed by atoms with van der Waals surface area (Å²) in [7, 11) is -3.82. The van der Waals surface area contributed by atoms with Crippen molar-refractivity contribution < 1.29 is 13.2 Å². The van der Waals surface area contributed by atoms with E-state index in [1.165, 1.54) is 38.4 Å². The Balaban J connectivity index is 1.46. The van der Waals surface area contributed by atoms with Gasteiger partial charge in [0.2, 0.25) is 0 Å². The second-order valence-corrected chi connectivity index (χ2v) is 10.4. The van der Waals surface area contributed by atoms with E-state index < -0.39 is 10.0 Å². The molecule has 1 saturated heterocycles. The van der Waals surface area contributed by atoms with Crippen LogP contribution in [0.2, 0.25) is 0 Å². The average Bonchev–Trinajstić information content (AvgIpc) is 3.24. The minimum Gasteiger partial charge on any atom is -0.351 e. The van der Waals surface area contributed by atoms with E-state index in [0.29, 0.717) is 12.2 Å². The van der Waals surface area contributed by atoms with Gasteiger partial charge in [0.05, 0.1) is 0 Å². The standard InChI is InChI=1S/C22H31N3O3S2/c1-18-8-10-19(11-9-18)24-30(27,28)20-12-17-29-21(20)22(26)23-13-4-2-5-14-25-15-6-3-7-16-25/h8-12,17,24H,2-7,13-16H2,1H3,(H,23,26). The summed E-state index contributed by atoms with van der Waals surface area (Å²) < 4.78 is 28.1. The second-order valence-electron chi connectivity index (χ2n) is 7.80. The molecule has 2 aromatic rings. The third kappa shape index (κ3) is 6.55. The van der Waals surface area contributed by atoms with Crippen molar-refractivity contribution >= 4 is 33.0 Å². The molecule has 0 saturated carbocycles. The monoisotopic (exact) mass is 449 g/mol. The van der Waals surface area contributed by atoms with E-state index in [-0.39, 0.29) is 15.7 Å². The van der Waals surface area contributed by atoms with E-state index in [9.17, 15) is 13.2 Å². The summed E-state index contributed by atoms with van der Waals surface area (Å²) in [5.74, 6) is -0.328. The molecule has 30 heavy (non-hydrogen) atoms. The van der Waals surface area contributed by atoms with Gasteiger partial charge >= 0.3 is 0 Å². The molecule has 2 N–H and O–H groups in total. The fraction of sp³-hybridized carbons (Fsp3) is 0.500.